The van der Waals surface area contributed by atoms with E-state index in [9.17, 15) is 4.79 Å². The fourth-order valence-electron chi connectivity index (χ4n) is 2.74. The van der Waals surface area contributed by atoms with E-state index in [-0.39, 0.29) is 0 Å². The van der Waals surface area contributed by atoms with E-state index >= 15 is 0 Å². The van der Waals surface area contributed by atoms with Crippen molar-refractivity contribution in [1.82, 2.24) is 9.78 Å². The molecule has 126 valence electrons. The quantitative estimate of drug-likeness (QED) is 0.688. The van der Waals surface area contributed by atoms with E-state index < -0.39 is 5.97 Å². The monoisotopic (exact) mass is 336 g/mol. The maximum Gasteiger partial charge on any atom is 0.356 e. The van der Waals surface area contributed by atoms with E-state index in [0.717, 1.165) is 11.3 Å². The van der Waals surface area contributed by atoms with Gasteiger partial charge in [0.1, 0.15) is 13.2 Å². The van der Waals surface area contributed by atoms with Gasteiger partial charge in [0.05, 0.1) is 18.5 Å². The van der Waals surface area contributed by atoms with Gasteiger partial charge in [0, 0.05) is 5.56 Å². The van der Waals surface area contributed by atoms with Gasteiger partial charge in [0.2, 0.25) is 0 Å². The molecule has 3 aromatic rings. The largest absolute Gasteiger partial charge is 0.486 e. The van der Waals surface area contributed by atoms with Crippen molar-refractivity contribution in [2.45, 2.75) is 0 Å². The number of fused-ring (bicyclic) bond motifs is 1. The molecule has 0 unspecified atom stereocenters. The van der Waals surface area contributed by atoms with Crippen LogP contribution in [0.1, 0.15) is 10.5 Å². The van der Waals surface area contributed by atoms with Crippen LogP contribution in [0.4, 0.5) is 0 Å². The number of ether oxygens (including phenoxy) is 3. The molecular formula is C19H16N2O4. The van der Waals surface area contributed by atoms with Crippen LogP contribution in [0.5, 0.6) is 11.5 Å². The summed E-state index contributed by atoms with van der Waals surface area (Å²) in [6, 6.07) is 16.8. The number of para-hydroxylation sites is 1. The number of carbonyl (C=O) groups excluding carboxylic acids is 1. The first kappa shape index (κ1) is 15.3. The SMILES string of the molecule is COC(=O)c1cc(-c2ccc3c(c2)OCCO3)nn1-c1ccccc1. The van der Waals surface area contributed by atoms with Crippen LogP contribution in [0.3, 0.4) is 0 Å². The molecule has 2 heterocycles. The maximum absolute atomic E-state index is 12.2. The molecular weight excluding hydrogens is 320 g/mol. The number of carbonyl (C=O) groups is 1. The lowest BCUT2D eigenvalue weighted by Crippen LogP contribution is -2.15. The van der Waals surface area contributed by atoms with Crippen molar-refractivity contribution in [2.75, 3.05) is 20.3 Å². The minimum absolute atomic E-state index is 0.360. The van der Waals surface area contributed by atoms with Gasteiger partial charge in [0.15, 0.2) is 17.2 Å². The number of esters is 1. The van der Waals surface area contributed by atoms with Crippen molar-refractivity contribution in [3.63, 3.8) is 0 Å². The summed E-state index contributed by atoms with van der Waals surface area (Å²) >= 11 is 0. The molecule has 0 saturated heterocycles. The topological polar surface area (TPSA) is 62.6 Å². The molecule has 1 aliphatic heterocycles. The lowest BCUT2D eigenvalue weighted by molar-refractivity contribution is 0.0590. The Hall–Kier alpha value is -3.28. The van der Waals surface area contributed by atoms with Crippen LogP contribution in [0.25, 0.3) is 16.9 Å². The average Bonchev–Trinajstić information content (AvgIpc) is 3.13. The van der Waals surface area contributed by atoms with E-state index in [1.54, 1.807) is 10.7 Å². The molecule has 2 aromatic carbocycles. The molecule has 6 nitrogen and oxygen atoms in total. The van der Waals surface area contributed by atoms with Gasteiger partial charge < -0.3 is 14.2 Å². The Bertz CT molecular complexity index is 918. The molecule has 0 bridgehead atoms. The Balaban J connectivity index is 1.81. The Morgan fingerprint density at radius 1 is 1.04 bits per heavy atom. The normalized spacial score (nSPS) is 12.7. The van der Waals surface area contributed by atoms with Crippen molar-refractivity contribution < 1.29 is 19.0 Å². The van der Waals surface area contributed by atoms with Crippen LogP contribution < -0.4 is 9.47 Å². The molecule has 1 aromatic heterocycles. The zero-order valence-electron chi connectivity index (χ0n) is 13.6. The first-order valence-electron chi connectivity index (χ1n) is 7.90. The summed E-state index contributed by atoms with van der Waals surface area (Å²) in [5.41, 5.74) is 2.63. The molecule has 0 amide bonds. The van der Waals surface area contributed by atoms with E-state index in [4.69, 9.17) is 14.2 Å². The molecule has 0 radical (unpaired) electrons. The minimum atomic E-state index is -0.444. The molecule has 6 heteroatoms. The summed E-state index contributed by atoms with van der Waals surface area (Å²) in [5, 5.41) is 4.59. The minimum Gasteiger partial charge on any atom is -0.486 e. The molecule has 4 rings (SSSR count). The second kappa shape index (κ2) is 6.32. The van der Waals surface area contributed by atoms with Crippen molar-refractivity contribution in [2.24, 2.45) is 0 Å². The van der Waals surface area contributed by atoms with Gasteiger partial charge in [-0.1, -0.05) is 18.2 Å². The summed E-state index contributed by atoms with van der Waals surface area (Å²) in [6.45, 7) is 1.06. The van der Waals surface area contributed by atoms with E-state index in [0.29, 0.717) is 36.1 Å². The molecule has 0 N–H and O–H groups in total. The van der Waals surface area contributed by atoms with Crippen LogP contribution in [-0.2, 0) is 4.74 Å². The van der Waals surface area contributed by atoms with E-state index in [2.05, 4.69) is 5.10 Å². The summed E-state index contributed by atoms with van der Waals surface area (Å²) in [7, 11) is 1.36. The van der Waals surface area contributed by atoms with Gasteiger partial charge in [-0.05, 0) is 36.4 Å². The number of hydrogen-bond acceptors (Lipinski definition) is 5. The number of hydrogen-bond donors (Lipinski definition) is 0. The second-order valence-electron chi connectivity index (χ2n) is 5.51. The van der Waals surface area contributed by atoms with Crippen LogP contribution in [0.15, 0.2) is 54.6 Å². The van der Waals surface area contributed by atoms with Gasteiger partial charge in [0.25, 0.3) is 0 Å². The number of methoxy groups -OCH3 is 1. The molecule has 0 aliphatic carbocycles. The Labute approximate surface area is 144 Å². The third kappa shape index (κ3) is 2.82. The lowest BCUT2D eigenvalue weighted by Gasteiger charge is -2.18. The van der Waals surface area contributed by atoms with Gasteiger partial charge in [-0.15, -0.1) is 0 Å². The Kier molecular flexibility index (Phi) is 3.85. The molecule has 0 fully saturated rings. The summed E-state index contributed by atoms with van der Waals surface area (Å²) in [4.78, 5) is 12.2. The van der Waals surface area contributed by atoms with Crippen LogP contribution in [0, 0.1) is 0 Å². The van der Waals surface area contributed by atoms with E-state index in [1.807, 2.05) is 48.5 Å². The highest BCUT2D eigenvalue weighted by atomic mass is 16.6. The van der Waals surface area contributed by atoms with Gasteiger partial charge in [-0.2, -0.15) is 5.10 Å². The zero-order chi connectivity index (χ0) is 17.2. The Morgan fingerprint density at radius 2 is 1.80 bits per heavy atom. The molecule has 0 saturated carbocycles. The lowest BCUT2D eigenvalue weighted by atomic mass is 10.1. The fourth-order valence-corrected chi connectivity index (χ4v) is 2.74. The highest BCUT2D eigenvalue weighted by Crippen LogP contribution is 2.34. The van der Waals surface area contributed by atoms with E-state index in [1.165, 1.54) is 7.11 Å². The predicted molar refractivity (Wildman–Crippen MR) is 91.3 cm³/mol. The molecule has 1 aliphatic rings. The fraction of sp³-hybridized carbons (Fsp3) is 0.158. The standard InChI is InChI=1S/C19H16N2O4/c1-23-19(22)16-12-15(20-21(16)14-5-3-2-4-6-14)13-7-8-17-18(11-13)25-10-9-24-17/h2-8,11-12H,9-10H2,1H3. The van der Waals surface area contributed by atoms with Crippen molar-refractivity contribution in [1.29, 1.82) is 0 Å². The summed E-state index contributed by atoms with van der Waals surface area (Å²) in [6.07, 6.45) is 0. The smallest absolute Gasteiger partial charge is 0.356 e. The van der Waals surface area contributed by atoms with Gasteiger partial charge in [-0.3, -0.25) is 0 Å². The van der Waals surface area contributed by atoms with Gasteiger partial charge in [-0.25, -0.2) is 9.48 Å². The summed E-state index contributed by atoms with van der Waals surface area (Å²) in [5.74, 6) is 0.948. The molecule has 25 heavy (non-hydrogen) atoms. The first-order valence-corrected chi connectivity index (χ1v) is 7.90. The highest BCUT2D eigenvalue weighted by Gasteiger charge is 2.19. The number of rotatable bonds is 3. The Morgan fingerprint density at radius 3 is 2.56 bits per heavy atom. The predicted octanol–water partition coefficient (Wildman–Crippen LogP) is 3.10. The first-order chi connectivity index (χ1) is 12.3. The van der Waals surface area contributed by atoms with Crippen molar-refractivity contribution in [3.05, 3.63) is 60.3 Å². The van der Waals surface area contributed by atoms with Crippen LogP contribution in [0.2, 0.25) is 0 Å². The van der Waals surface area contributed by atoms with Crippen LogP contribution >= 0.6 is 0 Å². The average molecular weight is 336 g/mol. The van der Waals surface area contributed by atoms with Crippen molar-refractivity contribution >= 4 is 5.97 Å². The third-order valence-corrected chi connectivity index (χ3v) is 3.94. The van der Waals surface area contributed by atoms with Gasteiger partial charge >= 0.3 is 5.97 Å². The number of nitrogens with zero attached hydrogens (tertiary/aromatic N) is 2. The van der Waals surface area contributed by atoms with Crippen molar-refractivity contribution in [3.8, 4) is 28.4 Å². The second-order valence-corrected chi connectivity index (χ2v) is 5.51. The third-order valence-electron chi connectivity index (χ3n) is 3.94. The maximum atomic E-state index is 12.2. The molecule has 0 spiro atoms. The molecule has 0 atom stereocenters. The zero-order valence-corrected chi connectivity index (χ0v) is 13.6. The number of aromatic nitrogens is 2. The summed E-state index contributed by atoms with van der Waals surface area (Å²) < 4.78 is 17.6. The van der Waals surface area contributed by atoms with Crippen LogP contribution in [-0.4, -0.2) is 36.1 Å². The number of benzene rings is 2. The highest BCUT2D eigenvalue weighted by molar-refractivity contribution is 5.89.